The average molecular weight is 433 g/mol. The number of hydrogen-bond acceptors (Lipinski definition) is 4. The number of fused-ring (bicyclic) bond motifs is 1. The van der Waals surface area contributed by atoms with Crippen LogP contribution in [0.25, 0.3) is 11.0 Å². The summed E-state index contributed by atoms with van der Waals surface area (Å²) < 4.78 is 42.0. The molecule has 0 aliphatic heterocycles. The molecule has 0 radical (unpaired) electrons. The molecule has 3 rings (SSSR count). The second-order valence-electron chi connectivity index (χ2n) is 6.89. The van der Waals surface area contributed by atoms with Gasteiger partial charge in [-0.05, 0) is 36.4 Å². The molecule has 0 saturated heterocycles. The van der Waals surface area contributed by atoms with E-state index in [1.165, 1.54) is 22.5 Å². The highest BCUT2D eigenvalue weighted by Gasteiger charge is 2.22. The number of benzene rings is 2. The Bertz CT molecular complexity index is 1170. The number of hydrogen-bond donors (Lipinski definition) is 1. The number of rotatable bonds is 8. The zero-order valence-corrected chi connectivity index (χ0v) is 18.0. The number of carbonyl (C=O) groups is 1. The molecule has 0 saturated carbocycles. The Morgan fingerprint density at radius 3 is 2.57 bits per heavy atom. The zero-order valence-electron chi connectivity index (χ0n) is 17.2. The van der Waals surface area contributed by atoms with Gasteiger partial charge in [-0.25, -0.2) is 17.8 Å². The largest absolute Gasteiger partial charge is 0.331 e. The molecular weight excluding hydrogens is 407 g/mol. The predicted molar refractivity (Wildman–Crippen MR) is 114 cm³/mol. The monoisotopic (exact) mass is 432 g/mol. The third-order valence-electron chi connectivity index (χ3n) is 4.97. The molecule has 0 unspecified atom stereocenters. The summed E-state index contributed by atoms with van der Waals surface area (Å²) in [5, 5.41) is 2.66. The topological polar surface area (TPSA) is 84.3 Å². The normalized spacial score (nSPS) is 11.9. The molecule has 160 valence electrons. The van der Waals surface area contributed by atoms with Crippen LogP contribution >= 0.6 is 0 Å². The van der Waals surface area contributed by atoms with Crippen LogP contribution in [0.15, 0.2) is 47.4 Å². The Balaban J connectivity index is 1.77. The van der Waals surface area contributed by atoms with E-state index in [0.717, 1.165) is 5.52 Å². The molecule has 0 bridgehead atoms. The summed E-state index contributed by atoms with van der Waals surface area (Å²) in [6, 6.07) is 10.6. The van der Waals surface area contributed by atoms with Crippen molar-refractivity contribution in [2.75, 3.05) is 18.4 Å². The molecule has 0 spiro atoms. The lowest BCUT2D eigenvalue weighted by atomic mass is 10.2. The minimum Gasteiger partial charge on any atom is -0.331 e. The van der Waals surface area contributed by atoms with Crippen molar-refractivity contribution in [3.63, 3.8) is 0 Å². The van der Waals surface area contributed by atoms with Gasteiger partial charge in [0.25, 0.3) is 0 Å². The van der Waals surface area contributed by atoms with Gasteiger partial charge in [-0.3, -0.25) is 4.79 Å². The van der Waals surface area contributed by atoms with Gasteiger partial charge in [0.1, 0.15) is 11.6 Å². The van der Waals surface area contributed by atoms with Crippen LogP contribution in [0.2, 0.25) is 0 Å². The second kappa shape index (κ2) is 8.93. The lowest BCUT2D eigenvalue weighted by Crippen LogP contribution is -2.30. The van der Waals surface area contributed by atoms with Crippen LogP contribution in [-0.2, 0) is 28.3 Å². The molecule has 1 amide bonds. The average Bonchev–Trinajstić information content (AvgIpc) is 3.02. The number of nitrogens with zero attached hydrogens (tertiary/aromatic N) is 3. The number of sulfonamides is 1. The van der Waals surface area contributed by atoms with E-state index in [9.17, 15) is 17.6 Å². The van der Waals surface area contributed by atoms with Gasteiger partial charge in [0.05, 0.1) is 15.9 Å². The van der Waals surface area contributed by atoms with Crippen molar-refractivity contribution >= 4 is 32.7 Å². The minimum atomic E-state index is -3.57. The minimum absolute atomic E-state index is 0.165. The molecule has 9 heteroatoms. The molecule has 3 aromatic rings. The molecule has 30 heavy (non-hydrogen) atoms. The molecule has 0 atom stereocenters. The van der Waals surface area contributed by atoms with Crippen LogP contribution in [0.3, 0.4) is 0 Å². The molecule has 0 aliphatic carbocycles. The summed E-state index contributed by atoms with van der Waals surface area (Å²) in [6.45, 7) is 4.39. The van der Waals surface area contributed by atoms with Crippen molar-refractivity contribution in [2.24, 2.45) is 7.05 Å². The molecular formula is C21H25FN4O3S. The van der Waals surface area contributed by atoms with Crippen molar-refractivity contribution < 1.29 is 17.6 Å². The first-order valence-corrected chi connectivity index (χ1v) is 11.2. The van der Waals surface area contributed by atoms with Gasteiger partial charge in [0, 0.05) is 38.7 Å². The van der Waals surface area contributed by atoms with E-state index >= 15 is 0 Å². The number of anilines is 1. The Morgan fingerprint density at radius 2 is 1.90 bits per heavy atom. The van der Waals surface area contributed by atoms with E-state index in [2.05, 4.69) is 10.3 Å². The maximum absolute atomic E-state index is 13.2. The fourth-order valence-electron chi connectivity index (χ4n) is 3.34. The van der Waals surface area contributed by atoms with E-state index in [1.54, 1.807) is 38.1 Å². The number of imidazole rings is 1. The Kier molecular flexibility index (Phi) is 6.52. The smallest absolute Gasteiger partial charge is 0.243 e. The standard InChI is InChI=1S/C21H25FN4O3S/c1-4-26(5-2)30(28,29)17-9-10-19-18(14-17)24-20(25(19)3)11-12-21(27)23-16-8-6-7-15(22)13-16/h6-10,13-14H,4-5,11-12H2,1-3H3,(H,23,27). The van der Waals surface area contributed by atoms with Crippen LogP contribution in [0.5, 0.6) is 0 Å². The maximum Gasteiger partial charge on any atom is 0.243 e. The SMILES string of the molecule is CCN(CC)S(=O)(=O)c1ccc2c(c1)nc(CCC(=O)Nc1cccc(F)c1)n2C. The summed E-state index contributed by atoms with van der Waals surface area (Å²) in [7, 11) is -1.74. The van der Waals surface area contributed by atoms with Crippen molar-refractivity contribution in [1.82, 2.24) is 13.9 Å². The highest BCUT2D eigenvalue weighted by Crippen LogP contribution is 2.23. The van der Waals surface area contributed by atoms with Gasteiger partial charge < -0.3 is 9.88 Å². The van der Waals surface area contributed by atoms with E-state index in [4.69, 9.17) is 0 Å². The van der Waals surface area contributed by atoms with Crippen LogP contribution in [0.4, 0.5) is 10.1 Å². The first-order valence-electron chi connectivity index (χ1n) is 9.77. The fraction of sp³-hybridized carbons (Fsp3) is 0.333. The summed E-state index contributed by atoms with van der Waals surface area (Å²) in [4.78, 5) is 16.9. The lowest BCUT2D eigenvalue weighted by Gasteiger charge is -2.18. The molecule has 0 aliphatic rings. The lowest BCUT2D eigenvalue weighted by molar-refractivity contribution is -0.116. The van der Waals surface area contributed by atoms with E-state index in [-0.39, 0.29) is 17.2 Å². The quantitative estimate of drug-likeness (QED) is 0.592. The predicted octanol–water partition coefficient (Wildman–Crippen LogP) is 3.31. The summed E-state index contributed by atoms with van der Waals surface area (Å²) >= 11 is 0. The van der Waals surface area contributed by atoms with Crippen LogP contribution < -0.4 is 5.32 Å². The van der Waals surface area contributed by atoms with Gasteiger partial charge in [-0.2, -0.15) is 4.31 Å². The molecule has 7 nitrogen and oxygen atoms in total. The van der Waals surface area contributed by atoms with Crippen molar-refractivity contribution in [1.29, 1.82) is 0 Å². The van der Waals surface area contributed by atoms with Crippen molar-refractivity contribution in [2.45, 2.75) is 31.6 Å². The van der Waals surface area contributed by atoms with Crippen LogP contribution in [0, 0.1) is 5.82 Å². The number of aryl methyl sites for hydroxylation is 2. The van der Waals surface area contributed by atoms with Crippen LogP contribution in [0.1, 0.15) is 26.1 Å². The highest BCUT2D eigenvalue weighted by molar-refractivity contribution is 7.89. The molecule has 1 N–H and O–H groups in total. The molecule has 0 fully saturated rings. The zero-order chi connectivity index (χ0) is 21.9. The summed E-state index contributed by atoms with van der Waals surface area (Å²) in [6.07, 6.45) is 0.530. The third kappa shape index (κ3) is 4.52. The van der Waals surface area contributed by atoms with E-state index < -0.39 is 15.8 Å². The Labute approximate surface area is 175 Å². The number of nitrogens with one attached hydrogen (secondary N) is 1. The number of amides is 1. The molecule has 2 aromatic carbocycles. The molecule has 1 aromatic heterocycles. The van der Waals surface area contributed by atoms with Crippen molar-refractivity contribution in [3.8, 4) is 0 Å². The maximum atomic E-state index is 13.2. The number of halogens is 1. The second-order valence-corrected chi connectivity index (χ2v) is 8.82. The van der Waals surface area contributed by atoms with Crippen LogP contribution in [-0.4, -0.2) is 41.3 Å². The summed E-state index contributed by atoms with van der Waals surface area (Å²) in [5.74, 6) is -0.00662. The van der Waals surface area contributed by atoms with E-state index in [1.807, 2.05) is 11.6 Å². The number of carbonyl (C=O) groups excluding carboxylic acids is 1. The van der Waals surface area contributed by atoms with Gasteiger partial charge in [-0.15, -0.1) is 0 Å². The first-order chi connectivity index (χ1) is 14.3. The number of aromatic nitrogens is 2. The van der Waals surface area contributed by atoms with E-state index in [0.29, 0.717) is 36.5 Å². The van der Waals surface area contributed by atoms with Gasteiger partial charge in [0.15, 0.2) is 0 Å². The highest BCUT2D eigenvalue weighted by atomic mass is 32.2. The van der Waals surface area contributed by atoms with Gasteiger partial charge in [0.2, 0.25) is 15.9 Å². The Morgan fingerprint density at radius 1 is 1.17 bits per heavy atom. The Hall–Kier alpha value is -2.78. The van der Waals surface area contributed by atoms with Gasteiger partial charge >= 0.3 is 0 Å². The van der Waals surface area contributed by atoms with Crippen molar-refractivity contribution in [3.05, 3.63) is 54.1 Å². The molecule has 1 heterocycles. The first kappa shape index (κ1) is 21.9. The van der Waals surface area contributed by atoms with Gasteiger partial charge in [-0.1, -0.05) is 19.9 Å². The fourth-order valence-corrected chi connectivity index (χ4v) is 4.82. The summed E-state index contributed by atoms with van der Waals surface area (Å²) in [5.41, 5.74) is 1.75. The third-order valence-corrected chi connectivity index (χ3v) is 7.02.